The van der Waals surface area contributed by atoms with Crippen LogP contribution in [0.3, 0.4) is 0 Å². The van der Waals surface area contributed by atoms with Gasteiger partial charge in [-0.1, -0.05) is 6.07 Å². The molecule has 2 N–H and O–H groups in total. The van der Waals surface area contributed by atoms with Gasteiger partial charge in [0.25, 0.3) is 0 Å². The molecule has 5 nitrogen and oxygen atoms in total. The second-order valence-corrected chi connectivity index (χ2v) is 6.69. The van der Waals surface area contributed by atoms with E-state index in [2.05, 4.69) is 29.6 Å². The minimum absolute atomic E-state index is 0.0107. The van der Waals surface area contributed by atoms with Crippen molar-refractivity contribution in [2.75, 3.05) is 6.54 Å². The number of amides is 1. The van der Waals surface area contributed by atoms with Crippen molar-refractivity contribution in [2.45, 2.75) is 45.8 Å². The fraction of sp³-hybridized carbons (Fsp3) is 0.500. The molecule has 3 unspecified atom stereocenters. The van der Waals surface area contributed by atoms with E-state index >= 15 is 0 Å². The third-order valence-electron chi connectivity index (χ3n) is 3.80. The van der Waals surface area contributed by atoms with Crippen LogP contribution in [0.25, 0.3) is 0 Å². The predicted octanol–water partition coefficient (Wildman–Crippen LogP) is 2.67. The lowest BCUT2D eigenvalue weighted by Gasteiger charge is -2.22. The number of nitrogens with zero attached hydrogens (tertiary/aromatic N) is 2. The first-order chi connectivity index (χ1) is 10.5. The number of rotatable bonds is 7. The molecule has 2 aromatic heterocycles. The number of aryl methyl sites for hydroxylation is 1. The zero-order chi connectivity index (χ0) is 16.1. The first kappa shape index (κ1) is 16.7. The molecule has 6 heteroatoms. The quantitative estimate of drug-likeness (QED) is 0.824. The maximum atomic E-state index is 12.0. The molecule has 2 heterocycles. The molecule has 0 saturated carbocycles. The zero-order valence-electron chi connectivity index (χ0n) is 13.5. The number of aromatic nitrogens is 2. The molecule has 0 radical (unpaired) electrons. The van der Waals surface area contributed by atoms with E-state index in [1.165, 1.54) is 4.88 Å². The molecule has 0 fully saturated rings. The number of nitrogens with one attached hydrogen (secondary N) is 2. The lowest BCUT2D eigenvalue weighted by molar-refractivity contribution is -0.121. The maximum absolute atomic E-state index is 12.0. The Kier molecular flexibility index (Phi) is 5.74. The van der Waals surface area contributed by atoms with E-state index in [4.69, 9.17) is 0 Å². The van der Waals surface area contributed by atoms with Gasteiger partial charge in [-0.2, -0.15) is 5.10 Å². The Morgan fingerprint density at radius 2 is 2.18 bits per heavy atom. The Labute approximate surface area is 135 Å². The van der Waals surface area contributed by atoms with Gasteiger partial charge < -0.3 is 10.6 Å². The lowest BCUT2D eigenvalue weighted by Crippen LogP contribution is -2.41. The summed E-state index contributed by atoms with van der Waals surface area (Å²) in [5, 5.41) is 12.6. The number of hydrogen-bond donors (Lipinski definition) is 2. The van der Waals surface area contributed by atoms with E-state index < -0.39 is 0 Å². The van der Waals surface area contributed by atoms with Gasteiger partial charge in [-0.3, -0.25) is 9.48 Å². The summed E-state index contributed by atoms with van der Waals surface area (Å²) in [6, 6.07) is 4.43. The molecule has 0 bridgehead atoms. The Balaban J connectivity index is 1.78. The van der Waals surface area contributed by atoms with Crippen molar-refractivity contribution in [1.82, 2.24) is 20.4 Å². The predicted molar refractivity (Wildman–Crippen MR) is 90.0 cm³/mol. The minimum Gasteiger partial charge on any atom is -0.348 e. The van der Waals surface area contributed by atoms with Crippen LogP contribution >= 0.6 is 11.3 Å². The summed E-state index contributed by atoms with van der Waals surface area (Å²) < 4.78 is 1.93. The standard InChI is InChI=1S/C16H24N4OS/c1-11-8-18-20(10-11)14(4)12(2)17-9-16(21)19-13(3)15-6-5-7-22-15/h5-8,10,12-14,17H,9H2,1-4H3,(H,19,21). The van der Waals surface area contributed by atoms with E-state index in [1.807, 2.05) is 48.4 Å². The van der Waals surface area contributed by atoms with Gasteiger partial charge in [0.15, 0.2) is 0 Å². The van der Waals surface area contributed by atoms with Crippen LogP contribution in [0, 0.1) is 6.92 Å². The van der Waals surface area contributed by atoms with Crippen LogP contribution in [0.4, 0.5) is 0 Å². The molecular weight excluding hydrogens is 296 g/mol. The molecule has 0 aliphatic rings. The summed E-state index contributed by atoms with van der Waals surface area (Å²) in [5.74, 6) is 0.0107. The summed E-state index contributed by atoms with van der Waals surface area (Å²) in [7, 11) is 0. The topological polar surface area (TPSA) is 59.0 Å². The summed E-state index contributed by atoms with van der Waals surface area (Å²) in [5.41, 5.74) is 1.14. The van der Waals surface area contributed by atoms with Crippen molar-refractivity contribution >= 4 is 17.2 Å². The first-order valence-electron chi connectivity index (χ1n) is 7.54. The summed E-state index contributed by atoms with van der Waals surface area (Å²) in [6.07, 6.45) is 3.86. The monoisotopic (exact) mass is 320 g/mol. The van der Waals surface area contributed by atoms with Gasteiger partial charge in [-0.15, -0.1) is 11.3 Å². The number of carbonyl (C=O) groups excluding carboxylic acids is 1. The molecular formula is C16H24N4OS. The van der Waals surface area contributed by atoms with Crippen LogP contribution in [0.15, 0.2) is 29.9 Å². The molecule has 22 heavy (non-hydrogen) atoms. The number of carbonyl (C=O) groups is 1. The van der Waals surface area contributed by atoms with Gasteiger partial charge in [0, 0.05) is 17.1 Å². The van der Waals surface area contributed by atoms with Crippen molar-refractivity contribution in [3.63, 3.8) is 0 Å². The van der Waals surface area contributed by atoms with E-state index in [-0.39, 0.29) is 24.0 Å². The Hall–Kier alpha value is -1.66. The van der Waals surface area contributed by atoms with Crippen LogP contribution in [-0.4, -0.2) is 28.3 Å². The highest BCUT2D eigenvalue weighted by molar-refractivity contribution is 7.10. The largest absolute Gasteiger partial charge is 0.348 e. The van der Waals surface area contributed by atoms with Crippen LogP contribution in [0.5, 0.6) is 0 Å². The smallest absolute Gasteiger partial charge is 0.234 e. The molecule has 2 rings (SSSR count). The first-order valence-corrected chi connectivity index (χ1v) is 8.42. The highest BCUT2D eigenvalue weighted by atomic mass is 32.1. The maximum Gasteiger partial charge on any atom is 0.234 e. The molecule has 2 aromatic rings. The van der Waals surface area contributed by atoms with Crippen molar-refractivity contribution in [3.05, 3.63) is 40.3 Å². The highest BCUT2D eigenvalue weighted by Gasteiger charge is 2.16. The average Bonchev–Trinajstić information content (AvgIpc) is 3.15. The molecule has 0 aliphatic heterocycles. The van der Waals surface area contributed by atoms with Gasteiger partial charge in [0.1, 0.15) is 0 Å². The summed E-state index contributed by atoms with van der Waals surface area (Å²) >= 11 is 1.66. The molecule has 120 valence electrons. The molecule has 0 aliphatic carbocycles. The van der Waals surface area contributed by atoms with E-state index in [9.17, 15) is 4.79 Å². The van der Waals surface area contributed by atoms with Crippen LogP contribution < -0.4 is 10.6 Å². The van der Waals surface area contributed by atoms with Gasteiger partial charge in [0.2, 0.25) is 5.91 Å². The normalized spacial score (nSPS) is 15.3. The highest BCUT2D eigenvalue weighted by Crippen LogP contribution is 2.17. The van der Waals surface area contributed by atoms with E-state index in [0.29, 0.717) is 6.54 Å². The third kappa shape index (κ3) is 4.42. The fourth-order valence-electron chi connectivity index (χ4n) is 2.21. The van der Waals surface area contributed by atoms with Crippen molar-refractivity contribution in [1.29, 1.82) is 0 Å². The third-order valence-corrected chi connectivity index (χ3v) is 4.86. The Morgan fingerprint density at radius 3 is 2.77 bits per heavy atom. The lowest BCUT2D eigenvalue weighted by atomic mass is 10.1. The Bertz CT molecular complexity index is 593. The van der Waals surface area contributed by atoms with Crippen LogP contribution in [0.2, 0.25) is 0 Å². The van der Waals surface area contributed by atoms with E-state index in [1.54, 1.807) is 11.3 Å². The Morgan fingerprint density at radius 1 is 1.41 bits per heavy atom. The summed E-state index contributed by atoms with van der Waals surface area (Å²) in [6.45, 7) is 8.49. The van der Waals surface area contributed by atoms with Crippen LogP contribution in [0.1, 0.15) is 43.3 Å². The van der Waals surface area contributed by atoms with E-state index in [0.717, 1.165) is 5.56 Å². The molecule has 0 saturated heterocycles. The SMILES string of the molecule is Cc1cnn(C(C)C(C)NCC(=O)NC(C)c2cccs2)c1. The number of thiophene rings is 1. The van der Waals surface area contributed by atoms with Gasteiger partial charge in [0.05, 0.1) is 24.8 Å². The van der Waals surface area contributed by atoms with Crippen LogP contribution in [-0.2, 0) is 4.79 Å². The molecule has 0 aromatic carbocycles. The molecule has 3 atom stereocenters. The minimum atomic E-state index is 0.0107. The van der Waals surface area contributed by atoms with Crippen molar-refractivity contribution < 1.29 is 4.79 Å². The number of hydrogen-bond acceptors (Lipinski definition) is 4. The fourth-order valence-corrected chi connectivity index (χ4v) is 2.94. The average molecular weight is 320 g/mol. The second-order valence-electron chi connectivity index (χ2n) is 5.71. The van der Waals surface area contributed by atoms with Gasteiger partial charge >= 0.3 is 0 Å². The second kappa shape index (κ2) is 7.56. The van der Waals surface area contributed by atoms with Crippen molar-refractivity contribution in [2.24, 2.45) is 0 Å². The molecule has 0 spiro atoms. The summed E-state index contributed by atoms with van der Waals surface area (Å²) in [4.78, 5) is 13.2. The molecule has 1 amide bonds. The zero-order valence-corrected chi connectivity index (χ0v) is 14.4. The van der Waals surface area contributed by atoms with Gasteiger partial charge in [-0.25, -0.2) is 0 Å². The van der Waals surface area contributed by atoms with Gasteiger partial charge in [-0.05, 0) is 44.7 Å². The van der Waals surface area contributed by atoms with Crippen molar-refractivity contribution in [3.8, 4) is 0 Å².